The summed E-state index contributed by atoms with van der Waals surface area (Å²) in [6.45, 7) is 2.02. The first-order chi connectivity index (χ1) is 9.69. The van der Waals surface area contributed by atoms with Crippen LogP contribution in [0.15, 0.2) is 35.7 Å². The molecule has 0 radical (unpaired) electrons. The van der Waals surface area contributed by atoms with E-state index in [0.717, 1.165) is 11.3 Å². The molecule has 0 aliphatic rings. The number of aromatic nitrogens is 1. The van der Waals surface area contributed by atoms with E-state index in [9.17, 15) is 4.79 Å². The van der Waals surface area contributed by atoms with E-state index in [2.05, 4.69) is 15.6 Å². The van der Waals surface area contributed by atoms with Crippen molar-refractivity contribution < 1.29 is 9.53 Å². The first-order valence-electron chi connectivity index (χ1n) is 5.94. The van der Waals surface area contributed by atoms with Crippen LogP contribution in [0.1, 0.15) is 6.92 Å². The number of nitrogens with one attached hydrogen (secondary N) is 2. The summed E-state index contributed by atoms with van der Waals surface area (Å²) in [6, 6.07) is 9.82. The molecule has 1 aromatic heterocycles. The molecule has 0 atom stereocenters. The van der Waals surface area contributed by atoms with Gasteiger partial charge in [0.15, 0.2) is 10.2 Å². The Labute approximate surface area is 126 Å². The van der Waals surface area contributed by atoms with Gasteiger partial charge in [-0.05, 0) is 19.1 Å². The van der Waals surface area contributed by atoms with Gasteiger partial charge in [-0.3, -0.25) is 5.32 Å². The first kappa shape index (κ1) is 14.4. The Morgan fingerprint density at radius 2 is 2.15 bits per heavy atom. The third-order valence-electron chi connectivity index (χ3n) is 2.29. The lowest BCUT2D eigenvalue weighted by molar-refractivity contribution is 0.158. The molecule has 2 N–H and O–H groups in total. The summed E-state index contributed by atoms with van der Waals surface area (Å²) in [5.41, 5.74) is 1.89. The standard InChI is InChI=1S/C13H13N3O2S2/c1-2-18-13(17)16-11(19)15-12-14-10(8-20-12)9-6-4-3-5-7-9/h3-8H,2H2,1H3,(H2,14,15,16,17,19). The maximum atomic E-state index is 11.2. The number of carbonyl (C=O) groups excluding carboxylic acids is 1. The predicted molar refractivity (Wildman–Crippen MR) is 83.9 cm³/mol. The highest BCUT2D eigenvalue weighted by Crippen LogP contribution is 2.24. The largest absolute Gasteiger partial charge is 0.450 e. The highest BCUT2D eigenvalue weighted by molar-refractivity contribution is 7.80. The minimum atomic E-state index is -0.579. The van der Waals surface area contributed by atoms with E-state index in [1.54, 1.807) is 6.92 Å². The second-order valence-electron chi connectivity index (χ2n) is 3.70. The molecule has 0 spiro atoms. The van der Waals surface area contributed by atoms with E-state index < -0.39 is 6.09 Å². The van der Waals surface area contributed by atoms with Gasteiger partial charge in [-0.1, -0.05) is 30.3 Å². The zero-order valence-electron chi connectivity index (χ0n) is 10.8. The fourth-order valence-electron chi connectivity index (χ4n) is 1.46. The quantitative estimate of drug-likeness (QED) is 0.852. The molecule has 0 aliphatic carbocycles. The number of ether oxygens (including phenoxy) is 1. The molecular weight excluding hydrogens is 294 g/mol. The highest BCUT2D eigenvalue weighted by Gasteiger charge is 2.08. The van der Waals surface area contributed by atoms with E-state index in [-0.39, 0.29) is 5.11 Å². The Morgan fingerprint density at radius 3 is 2.85 bits per heavy atom. The second kappa shape index (κ2) is 6.97. The van der Waals surface area contributed by atoms with Crippen molar-refractivity contribution in [2.75, 3.05) is 11.9 Å². The van der Waals surface area contributed by atoms with E-state index in [0.29, 0.717) is 11.7 Å². The number of anilines is 1. The third kappa shape index (κ3) is 4.01. The molecule has 2 rings (SSSR count). The number of alkyl carbamates (subject to hydrolysis) is 1. The van der Waals surface area contributed by atoms with Gasteiger partial charge in [-0.2, -0.15) is 0 Å². The Balaban J connectivity index is 1.96. The van der Waals surface area contributed by atoms with Crippen LogP contribution in [-0.2, 0) is 4.74 Å². The smallest absolute Gasteiger partial charge is 0.413 e. The van der Waals surface area contributed by atoms with E-state index in [1.165, 1.54) is 11.3 Å². The Hall–Kier alpha value is -1.99. The van der Waals surface area contributed by atoms with Crippen LogP contribution in [0.3, 0.4) is 0 Å². The molecule has 1 amide bonds. The SMILES string of the molecule is CCOC(=O)NC(=S)Nc1nc(-c2ccccc2)cs1. The summed E-state index contributed by atoms with van der Waals surface area (Å²) in [7, 11) is 0. The number of amides is 1. The van der Waals surface area contributed by atoms with Crippen molar-refractivity contribution >= 4 is 39.9 Å². The van der Waals surface area contributed by atoms with Gasteiger partial charge in [0.1, 0.15) is 0 Å². The lowest BCUT2D eigenvalue weighted by Crippen LogP contribution is -2.34. The molecule has 20 heavy (non-hydrogen) atoms. The van der Waals surface area contributed by atoms with Gasteiger partial charge in [0.2, 0.25) is 0 Å². The monoisotopic (exact) mass is 307 g/mol. The maximum Gasteiger partial charge on any atom is 0.413 e. The van der Waals surface area contributed by atoms with Crippen LogP contribution in [0.5, 0.6) is 0 Å². The molecule has 7 heteroatoms. The summed E-state index contributed by atoms with van der Waals surface area (Å²) in [4.78, 5) is 15.6. The van der Waals surface area contributed by atoms with Crippen molar-refractivity contribution in [1.29, 1.82) is 0 Å². The molecule has 1 aromatic carbocycles. The van der Waals surface area contributed by atoms with Crippen LogP contribution >= 0.6 is 23.6 Å². The van der Waals surface area contributed by atoms with Gasteiger partial charge in [-0.25, -0.2) is 9.78 Å². The van der Waals surface area contributed by atoms with Crippen molar-refractivity contribution in [2.45, 2.75) is 6.92 Å². The molecule has 0 saturated heterocycles. The van der Waals surface area contributed by atoms with Crippen molar-refractivity contribution in [2.24, 2.45) is 0 Å². The van der Waals surface area contributed by atoms with Crippen molar-refractivity contribution in [3.63, 3.8) is 0 Å². The first-order valence-corrected chi connectivity index (χ1v) is 7.23. The number of thiocarbonyl (C=S) groups is 1. The van der Waals surface area contributed by atoms with Crippen LogP contribution < -0.4 is 10.6 Å². The van der Waals surface area contributed by atoms with Gasteiger partial charge in [0, 0.05) is 10.9 Å². The number of nitrogens with zero attached hydrogens (tertiary/aromatic N) is 1. The summed E-state index contributed by atoms with van der Waals surface area (Å²) in [5.74, 6) is 0. The number of benzene rings is 1. The maximum absolute atomic E-state index is 11.2. The average Bonchev–Trinajstić information content (AvgIpc) is 2.88. The summed E-state index contributed by atoms with van der Waals surface area (Å²) < 4.78 is 4.73. The van der Waals surface area contributed by atoms with Crippen LogP contribution in [0.2, 0.25) is 0 Å². The molecule has 0 saturated carbocycles. The number of rotatable bonds is 3. The van der Waals surface area contributed by atoms with Crippen LogP contribution in [0.25, 0.3) is 11.3 Å². The molecule has 104 valence electrons. The van der Waals surface area contributed by atoms with Gasteiger partial charge in [-0.15, -0.1) is 11.3 Å². The molecular formula is C13H13N3O2S2. The Bertz CT molecular complexity index is 599. The predicted octanol–water partition coefficient (Wildman–Crippen LogP) is 3.25. The number of hydrogen-bond donors (Lipinski definition) is 2. The Morgan fingerprint density at radius 1 is 1.40 bits per heavy atom. The van der Waals surface area contributed by atoms with Crippen LogP contribution in [0.4, 0.5) is 9.93 Å². The fraction of sp³-hybridized carbons (Fsp3) is 0.154. The van der Waals surface area contributed by atoms with E-state index >= 15 is 0 Å². The molecule has 2 aromatic rings. The molecule has 5 nitrogen and oxygen atoms in total. The zero-order chi connectivity index (χ0) is 14.4. The minimum Gasteiger partial charge on any atom is -0.450 e. The summed E-state index contributed by atoms with van der Waals surface area (Å²) in [6.07, 6.45) is -0.579. The van der Waals surface area contributed by atoms with E-state index in [1.807, 2.05) is 35.7 Å². The number of carbonyl (C=O) groups is 1. The second-order valence-corrected chi connectivity index (χ2v) is 4.97. The minimum absolute atomic E-state index is 0.164. The zero-order valence-corrected chi connectivity index (χ0v) is 12.4. The fourth-order valence-corrected chi connectivity index (χ4v) is 2.43. The summed E-state index contributed by atoms with van der Waals surface area (Å²) >= 11 is 6.41. The molecule has 0 bridgehead atoms. The van der Waals surface area contributed by atoms with E-state index in [4.69, 9.17) is 17.0 Å². The average molecular weight is 307 g/mol. The third-order valence-corrected chi connectivity index (χ3v) is 3.25. The van der Waals surface area contributed by atoms with Crippen molar-refractivity contribution in [3.05, 3.63) is 35.7 Å². The van der Waals surface area contributed by atoms with Crippen molar-refractivity contribution in [3.8, 4) is 11.3 Å². The number of thiazole rings is 1. The molecule has 1 heterocycles. The van der Waals surface area contributed by atoms with Gasteiger partial charge >= 0.3 is 6.09 Å². The lowest BCUT2D eigenvalue weighted by Gasteiger charge is -2.06. The van der Waals surface area contributed by atoms with Crippen molar-refractivity contribution in [1.82, 2.24) is 10.3 Å². The molecule has 0 fully saturated rings. The van der Waals surface area contributed by atoms with Crippen LogP contribution in [-0.4, -0.2) is 22.8 Å². The molecule has 0 aliphatic heterocycles. The lowest BCUT2D eigenvalue weighted by atomic mass is 10.2. The van der Waals surface area contributed by atoms with Crippen LogP contribution in [0, 0.1) is 0 Å². The van der Waals surface area contributed by atoms with Gasteiger partial charge < -0.3 is 10.1 Å². The number of hydrogen-bond acceptors (Lipinski definition) is 5. The molecule has 0 unspecified atom stereocenters. The Kier molecular flexibility index (Phi) is 5.03. The highest BCUT2D eigenvalue weighted by atomic mass is 32.1. The topological polar surface area (TPSA) is 63.2 Å². The summed E-state index contributed by atoms with van der Waals surface area (Å²) in [5, 5.41) is 7.95. The normalized spacial score (nSPS) is 9.85. The van der Waals surface area contributed by atoms with Gasteiger partial charge in [0.05, 0.1) is 12.3 Å². The van der Waals surface area contributed by atoms with Gasteiger partial charge in [0.25, 0.3) is 0 Å².